The zero-order valence-electron chi connectivity index (χ0n) is 34.1. The lowest BCUT2D eigenvalue weighted by Gasteiger charge is -2.44. The van der Waals surface area contributed by atoms with Gasteiger partial charge in [-0.1, -0.05) is 143 Å². The van der Waals surface area contributed by atoms with Crippen LogP contribution < -0.4 is 20.2 Å². The maximum Gasteiger partial charge on any atom is 0.0633 e. The number of hydrogen-bond donors (Lipinski definition) is 0. The van der Waals surface area contributed by atoms with E-state index in [1.807, 2.05) is 0 Å². The van der Waals surface area contributed by atoms with Crippen molar-refractivity contribution in [2.45, 2.75) is 83.6 Å². The second-order valence-corrected chi connectivity index (χ2v) is 17.7. The number of benzene rings is 5. The van der Waals surface area contributed by atoms with Crippen molar-refractivity contribution in [1.29, 1.82) is 0 Å². The smallest absolute Gasteiger partial charge is 0.0633 e. The van der Waals surface area contributed by atoms with E-state index in [0.717, 1.165) is 44.9 Å². The van der Waals surface area contributed by atoms with Crippen molar-refractivity contribution in [2.24, 2.45) is 5.92 Å². The fourth-order valence-electron chi connectivity index (χ4n) is 10.9. The van der Waals surface area contributed by atoms with Crippen molar-refractivity contribution in [3.63, 3.8) is 0 Å². The van der Waals surface area contributed by atoms with Gasteiger partial charge in [0.2, 0.25) is 0 Å². The molecule has 2 aliphatic heterocycles. The summed E-state index contributed by atoms with van der Waals surface area (Å²) >= 11 is 0. The fourth-order valence-corrected chi connectivity index (χ4v) is 10.9. The molecular weight excluding hydrogens is 701 g/mol. The molecule has 0 aromatic heterocycles. The van der Waals surface area contributed by atoms with Crippen LogP contribution in [-0.2, 0) is 11.8 Å². The summed E-state index contributed by atoms with van der Waals surface area (Å²) in [6, 6.07) is 37.4. The van der Waals surface area contributed by atoms with Gasteiger partial charge < -0.3 is 9.80 Å². The minimum Gasteiger partial charge on any atom is -0.333 e. The normalized spacial score (nSPS) is 20.9. The van der Waals surface area contributed by atoms with Crippen LogP contribution in [-0.4, -0.2) is 6.04 Å². The maximum absolute atomic E-state index is 2.70. The molecule has 6 aliphatic rings. The monoisotopic (exact) mass is 752 g/mol. The quantitative estimate of drug-likeness (QED) is 0.163. The van der Waals surface area contributed by atoms with Gasteiger partial charge in [-0.3, -0.25) is 0 Å². The lowest BCUT2D eigenvalue weighted by atomic mass is 9.70. The number of hydrogen-bond acceptors (Lipinski definition) is 2. The Labute approximate surface area is 343 Å². The Morgan fingerprint density at radius 1 is 0.759 bits per heavy atom. The molecule has 0 saturated carbocycles. The van der Waals surface area contributed by atoms with Gasteiger partial charge in [-0.05, 0) is 142 Å². The lowest BCUT2D eigenvalue weighted by Crippen LogP contribution is -2.40. The fraction of sp³-hybridized carbons (Fsp3) is 0.250. The first-order valence-corrected chi connectivity index (χ1v) is 21.8. The molecule has 11 rings (SSSR count). The van der Waals surface area contributed by atoms with Gasteiger partial charge in [0.25, 0.3) is 0 Å². The number of rotatable bonds is 7. The van der Waals surface area contributed by atoms with Crippen LogP contribution in [0.15, 0.2) is 162 Å². The summed E-state index contributed by atoms with van der Waals surface area (Å²) in [6.07, 6.45) is 30.9. The molecule has 5 aromatic rings. The summed E-state index contributed by atoms with van der Waals surface area (Å²) < 4.78 is 0. The molecule has 2 atom stereocenters. The van der Waals surface area contributed by atoms with Crippen LogP contribution in [0.25, 0.3) is 39.6 Å². The van der Waals surface area contributed by atoms with E-state index in [1.54, 1.807) is 5.57 Å². The van der Waals surface area contributed by atoms with Crippen LogP contribution in [0.3, 0.4) is 0 Å². The lowest BCUT2D eigenvalue weighted by molar-refractivity contribution is 0.559. The Kier molecular flexibility index (Phi) is 8.47. The van der Waals surface area contributed by atoms with Crippen molar-refractivity contribution in [3.8, 4) is 11.1 Å². The first kappa shape index (κ1) is 35.3. The molecule has 0 radical (unpaired) electrons. The summed E-state index contributed by atoms with van der Waals surface area (Å²) in [6.45, 7) is 7.13. The Hall–Kier alpha value is -5.86. The van der Waals surface area contributed by atoms with Gasteiger partial charge in [0, 0.05) is 39.7 Å². The molecular formula is C56H52N2. The van der Waals surface area contributed by atoms with E-state index < -0.39 is 0 Å². The van der Waals surface area contributed by atoms with Crippen LogP contribution in [0, 0.1) is 5.92 Å². The molecule has 2 heteroatoms. The molecule has 0 saturated heterocycles. The number of aryl methyl sites for hydroxylation is 1. The number of allylic oxidation sites excluding steroid dienone is 8. The zero-order valence-corrected chi connectivity index (χ0v) is 34.1. The summed E-state index contributed by atoms with van der Waals surface area (Å²) in [4.78, 5) is 5.18. The van der Waals surface area contributed by atoms with Crippen molar-refractivity contribution in [2.75, 3.05) is 9.80 Å². The molecule has 0 spiro atoms. The van der Waals surface area contributed by atoms with Gasteiger partial charge in [-0.2, -0.15) is 0 Å². The first-order chi connectivity index (χ1) is 28.5. The van der Waals surface area contributed by atoms with E-state index in [2.05, 4.69) is 182 Å². The Balaban J connectivity index is 0.934. The first-order valence-electron chi connectivity index (χ1n) is 21.8. The molecule has 0 N–H and O–H groups in total. The third kappa shape index (κ3) is 5.67. The van der Waals surface area contributed by atoms with Crippen molar-refractivity contribution in [3.05, 3.63) is 189 Å². The van der Waals surface area contributed by atoms with Gasteiger partial charge in [-0.15, -0.1) is 0 Å². The molecule has 0 fully saturated rings. The average Bonchev–Trinajstić information content (AvgIpc) is 3.61. The molecule has 2 unspecified atom stereocenters. The van der Waals surface area contributed by atoms with Crippen LogP contribution in [0.5, 0.6) is 0 Å². The largest absolute Gasteiger partial charge is 0.333 e. The molecule has 2 heterocycles. The standard InChI is InChI=1S/C56H52N2/c1-4-10-37-17-19-38(20-18-37)39-23-29-44(30-24-39)57(46-33-27-42-22-21-41-11-5-6-12-47(41)49(42)36-46)45-31-25-40(26-32-45)43-28-34-53-50(35-43)48-13-9-15-52-55(48)58(53)54-16-8-7-14-51(54)56(52,2)3/h8-9,11-13,15-25,27-33,35-36,40,53H,4-7,10,14,26,34H2,1-3H3. The Morgan fingerprint density at radius 3 is 2.36 bits per heavy atom. The third-order valence-electron chi connectivity index (χ3n) is 13.9. The second kappa shape index (κ2) is 13.9. The average molecular weight is 753 g/mol. The summed E-state index contributed by atoms with van der Waals surface area (Å²) in [5, 5.41) is 5.36. The summed E-state index contributed by atoms with van der Waals surface area (Å²) in [5.74, 6) is 0.345. The summed E-state index contributed by atoms with van der Waals surface area (Å²) in [5.41, 5.74) is 18.0. The van der Waals surface area contributed by atoms with E-state index in [1.165, 1.54) is 95.1 Å². The van der Waals surface area contributed by atoms with Gasteiger partial charge in [-0.25, -0.2) is 0 Å². The molecule has 2 nitrogen and oxygen atoms in total. The van der Waals surface area contributed by atoms with E-state index in [4.69, 9.17) is 0 Å². The van der Waals surface area contributed by atoms with Crippen LogP contribution in [0.1, 0.15) is 82.4 Å². The number of para-hydroxylation sites is 1. The van der Waals surface area contributed by atoms with Crippen LogP contribution in [0.2, 0.25) is 0 Å². The van der Waals surface area contributed by atoms with Crippen LogP contribution in [0.4, 0.5) is 17.1 Å². The highest BCUT2D eigenvalue weighted by atomic mass is 15.2. The van der Waals surface area contributed by atoms with Crippen molar-refractivity contribution >= 4 is 45.6 Å². The highest BCUT2D eigenvalue weighted by Crippen LogP contribution is 2.57. The SMILES string of the molecule is CCCc1ccc(-c2ccc(N(C3=CCC(C4=CCC5C(=C4)c4cccc6c4N5C4=C(CCC=C4)C6(C)C)C=C3)c3ccc4ccc5c(c4c3)=CCCC=5)cc2)cc1. The van der Waals surface area contributed by atoms with Gasteiger partial charge >= 0.3 is 0 Å². The predicted octanol–water partition coefficient (Wildman–Crippen LogP) is 12.9. The molecule has 0 amide bonds. The van der Waals surface area contributed by atoms with E-state index in [0.29, 0.717) is 12.0 Å². The minimum atomic E-state index is 0.0483. The highest BCUT2D eigenvalue weighted by Gasteiger charge is 2.46. The van der Waals surface area contributed by atoms with E-state index >= 15 is 0 Å². The molecule has 286 valence electrons. The number of nitrogens with zero attached hydrogens (tertiary/aromatic N) is 2. The molecule has 4 aliphatic carbocycles. The molecule has 0 bridgehead atoms. The minimum absolute atomic E-state index is 0.0483. The number of fused-ring (bicyclic) bond motifs is 7. The Morgan fingerprint density at radius 2 is 1.55 bits per heavy atom. The van der Waals surface area contributed by atoms with Crippen molar-refractivity contribution < 1.29 is 0 Å². The third-order valence-corrected chi connectivity index (χ3v) is 13.9. The van der Waals surface area contributed by atoms with Gasteiger partial charge in [0.05, 0.1) is 11.7 Å². The predicted molar refractivity (Wildman–Crippen MR) is 247 cm³/mol. The van der Waals surface area contributed by atoms with Crippen LogP contribution >= 0.6 is 0 Å². The zero-order chi connectivity index (χ0) is 39.0. The van der Waals surface area contributed by atoms with Gasteiger partial charge in [0.15, 0.2) is 0 Å². The van der Waals surface area contributed by atoms with E-state index in [-0.39, 0.29) is 5.41 Å². The molecule has 5 aromatic carbocycles. The summed E-state index contributed by atoms with van der Waals surface area (Å²) in [7, 11) is 0. The number of anilines is 3. The highest BCUT2D eigenvalue weighted by molar-refractivity contribution is 5.95. The maximum atomic E-state index is 2.70. The van der Waals surface area contributed by atoms with E-state index in [9.17, 15) is 0 Å². The van der Waals surface area contributed by atoms with Crippen molar-refractivity contribution in [1.82, 2.24) is 0 Å². The second-order valence-electron chi connectivity index (χ2n) is 17.7. The topological polar surface area (TPSA) is 6.48 Å². The van der Waals surface area contributed by atoms with Gasteiger partial charge in [0.1, 0.15) is 0 Å². The molecule has 58 heavy (non-hydrogen) atoms. The Bertz CT molecular complexity index is 2820.